The minimum Gasteiger partial charge on any atom is -0.314 e. The minimum atomic E-state index is -3.43. The molecule has 1 fully saturated rings. The smallest absolute Gasteiger partial charge is 0.244 e. The summed E-state index contributed by atoms with van der Waals surface area (Å²) in [6.45, 7) is 2.48. The lowest BCUT2D eigenvalue weighted by Gasteiger charge is -2.27. The zero-order valence-corrected chi connectivity index (χ0v) is 13.8. The third-order valence-electron chi connectivity index (χ3n) is 3.51. The van der Waals surface area contributed by atoms with Gasteiger partial charge in [0.05, 0.1) is 0 Å². The fourth-order valence-corrected chi connectivity index (χ4v) is 5.50. The highest BCUT2D eigenvalue weighted by Crippen LogP contribution is 2.30. The topological polar surface area (TPSA) is 49.4 Å². The van der Waals surface area contributed by atoms with Crippen molar-refractivity contribution in [2.24, 2.45) is 0 Å². The molecule has 0 atom stereocenters. The molecule has 4 nitrogen and oxygen atoms in total. The number of nitrogens with one attached hydrogen (secondary N) is 1. The average Bonchev–Trinajstić information content (AvgIpc) is 2.47. The molecule has 1 N–H and O–H groups in total. The third kappa shape index (κ3) is 2.45. The molecule has 2 aromatic carbocycles. The van der Waals surface area contributed by atoms with Crippen molar-refractivity contribution in [1.29, 1.82) is 0 Å². The number of hydrogen-bond acceptors (Lipinski definition) is 3. The zero-order chi connectivity index (χ0) is 14.2. The van der Waals surface area contributed by atoms with Crippen LogP contribution in [0.3, 0.4) is 0 Å². The van der Waals surface area contributed by atoms with Crippen LogP contribution < -0.4 is 5.32 Å². The fraction of sp³-hybridized carbons (Fsp3) is 0.286. The maximum absolute atomic E-state index is 12.9. The lowest BCUT2D eigenvalue weighted by molar-refractivity contribution is 0.360. The van der Waals surface area contributed by atoms with Crippen LogP contribution in [0, 0.1) is 3.57 Å². The first kappa shape index (κ1) is 14.2. The summed E-state index contributed by atoms with van der Waals surface area (Å²) >= 11 is 2.11. The number of sulfonamides is 1. The van der Waals surface area contributed by atoms with Crippen LogP contribution in [-0.4, -0.2) is 38.9 Å². The normalized spacial score (nSPS) is 17.4. The van der Waals surface area contributed by atoms with Crippen molar-refractivity contribution < 1.29 is 8.42 Å². The van der Waals surface area contributed by atoms with E-state index in [4.69, 9.17) is 0 Å². The van der Waals surface area contributed by atoms with Gasteiger partial charge >= 0.3 is 0 Å². The molecule has 0 saturated carbocycles. The van der Waals surface area contributed by atoms with E-state index in [0.29, 0.717) is 31.1 Å². The van der Waals surface area contributed by atoms with Crippen molar-refractivity contribution in [1.82, 2.24) is 9.62 Å². The Morgan fingerprint density at radius 1 is 1.05 bits per heavy atom. The summed E-state index contributed by atoms with van der Waals surface area (Å²) in [5.41, 5.74) is 0. The summed E-state index contributed by atoms with van der Waals surface area (Å²) in [5, 5.41) is 4.95. The Kier molecular flexibility index (Phi) is 3.98. The molecule has 0 aromatic heterocycles. The van der Waals surface area contributed by atoms with Crippen LogP contribution in [0.5, 0.6) is 0 Å². The van der Waals surface area contributed by atoms with Gasteiger partial charge in [-0.1, -0.05) is 30.3 Å². The number of hydrogen-bond donors (Lipinski definition) is 1. The maximum Gasteiger partial charge on any atom is 0.244 e. The maximum atomic E-state index is 12.9. The van der Waals surface area contributed by atoms with E-state index in [9.17, 15) is 8.42 Å². The Hall–Kier alpha value is -0.700. The quantitative estimate of drug-likeness (QED) is 0.783. The molecule has 0 unspecified atom stereocenters. The summed E-state index contributed by atoms with van der Waals surface area (Å²) in [6.07, 6.45) is 0. The van der Waals surface area contributed by atoms with E-state index < -0.39 is 10.0 Å². The monoisotopic (exact) mass is 402 g/mol. The Bertz CT molecular complexity index is 740. The molecule has 106 valence electrons. The second-order valence-electron chi connectivity index (χ2n) is 4.75. The van der Waals surface area contributed by atoms with Crippen molar-refractivity contribution >= 4 is 43.4 Å². The number of nitrogens with zero attached hydrogens (tertiary/aromatic N) is 1. The van der Waals surface area contributed by atoms with Gasteiger partial charge in [0.25, 0.3) is 0 Å². The van der Waals surface area contributed by atoms with E-state index in [0.717, 1.165) is 14.3 Å². The first-order valence-corrected chi connectivity index (χ1v) is 9.01. The lowest BCUT2D eigenvalue weighted by atomic mass is 10.1. The molecule has 1 heterocycles. The van der Waals surface area contributed by atoms with Gasteiger partial charge in [0, 0.05) is 35.1 Å². The molecule has 1 saturated heterocycles. The predicted molar refractivity (Wildman–Crippen MR) is 88.3 cm³/mol. The molecule has 0 aliphatic carbocycles. The predicted octanol–water partition coefficient (Wildman–Crippen LogP) is 2.04. The molecule has 20 heavy (non-hydrogen) atoms. The minimum absolute atomic E-state index is 0.443. The average molecular weight is 402 g/mol. The molecular formula is C14H15IN2O2S. The van der Waals surface area contributed by atoms with Gasteiger partial charge in [-0.2, -0.15) is 4.31 Å². The molecular weight excluding hydrogens is 387 g/mol. The highest BCUT2D eigenvalue weighted by molar-refractivity contribution is 14.1. The van der Waals surface area contributed by atoms with E-state index >= 15 is 0 Å². The van der Waals surface area contributed by atoms with E-state index in [1.165, 1.54) is 0 Å². The van der Waals surface area contributed by atoms with Gasteiger partial charge in [0.1, 0.15) is 4.90 Å². The first-order chi connectivity index (χ1) is 9.60. The van der Waals surface area contributed by atoms with Gasteiger partial charge < -0.3 is 5.32 Å². The van der Waals surface area contributed by atoms with Gasteiger partial charge in [-0.25, -0.2) is 8.42 Å². The Labute approximate surface area is 132 Å². The third-order valence-corrected chi connectivity index (χ3v) is 6.77. The molecule has 0 bridgehead atoms. The van der Waals surface area contributed by atoms with Gasteiger partial charge in [0.15, 0.2) is 0 Å². The molecule has 2 aromatic rings. The number of halogens is 1. The van der Waals surface area contributed by atoms with Crippen molar-refractivity contribution in [2.45, 2.75) is 4.90 Å². The summed E-state index contributed by atoms with van der Waals surface area (Å²) in [5.74, 6) is 0. The van der Waals surface area contributed by atoms with Crippen molar-refractivity contribution in [3.8, 4) is 0 Å². The standard InChI is InChI=1S/C14H15IN2O2S/c15-13-6-5-11-3-1-2-4-12(11)14(13)20(18,19)17-9-7-16-8-10-17/h1-6,16H,7-10H2. The molecule has 0 amide bonds. The van der Waals surface area contributed by atoms with Crippen LogP contribution in [0.4, 0.5) is 0 Å². The van der Waals surface area contributed by atoms with Gasteiger partial charge in [-0.15, -0.1) is 0 Å². The van der Waals surface area contributed by atoms with Crippen LogP contribution in [-0.2, 0) is 10.0 Å². The summed E-state index contributed by atoms with van der Waals surface area (Å²) in [4.78, 5) is 0.443. The van der Waals surface area contributed by atoms with E-state index in [2.05, 4.69) is 27.9 Å². The highest BCUT2D eigenvalue weighted by atomic mass is 127. The molecule has 6 heteroatoms. The molecule has 0 spiro atoms. The molecule has 1 aliphatic heterocycles. The number of benzene rings is 2. The second kappa shape index (κ2) is 5.59. The highest BCUT2D eigenvalue weighted by Gasteiger charge is 2.29. The van der Waals surface area contributed by atoms with Crippen molar-refractivity contribution in [3.05, 3.63) is 40.0 Å². The van der Waals surface area contributed by atoms with E-state index in [1.807, 2.05) is 36.4 Å². The van der Waals surface area contributed by atoms with Crippen LogP contribution >= 0.6 is 22.6 Å². The second-order valence-corrected chi connectivity index (χ2v) is 7.79. The van der Waals surface area contributed by atoms with E-state index in [-0.39, 0.29) is 0 Å². The summed E-state index contributed by atoms with van der Waals surface area (Å²) in [7, 11) is -3.43. The van der Waals surface area contributed by atoms with Crippen LogP contribution in [0.15, 0.2) is 41.3 Å². The molecule has 3 rings (SSSR count). The Morgan fingerprint density at radius 3 is 2.50 bits per heavy atom. The summed E-state index contributed by atoms with van der Waals surface area (Å²) in [6, 6.07) is 11.5. The largest absolute Gasteiger partial charge is 0.314 e. The molecule has 1 aliphatic rings. The van der Waals surface area contributed by atoms with Gasteiger partial charge in [-0.05, 0) is 34.0 Å². The van der Waals surface area contributed by atoms with Gasteiger partial charge in [0.2, 0.25) is 10.0 Å². The van der Waals surface area contributed by atoms with Gasteiger partial charge in [-0.3, -0.25) is 0 Å². The SMILES string of the molecule is O=S(=O)(c1c(I)ccc2ccccc12)N1CCNCC1. The molecule has 0 radical (unpaired) electrons. The Balaban J connectivity index is 2.20. The van der Waals surface area contributed by atoms with Crippen LogP contribution in [0.2, 0.25) is 0 Å². The number of piperazine rings is 1. The van der Waals surface area contributed by atoms with Crippen molar-refractivity contribution in [2.75, 3.05) is 26.2 Å². The van der Waals surface area contributed by atoms with Crippen LogP contribution in [0.1, 0.15) is 0 Å². The first-order valence-electron chi connectivity index (χ1n) is 6.49. The number of rotatable bonds is 2. The number of fused-ring (bicyclic) bond motifs is 1. The van der Waals surface area contributed by atoms with E-state index in [1.54, 1.807) is 4.31 Å². The lowest BCUT2D eigenvalue weighted by Crippen LogP contribution is -2.46. The van der Waals surface area contributed by atoms with Crippen molar-refractivity contribution in [3.63, 3.8) is 0 Å². The Morgan fingerprint density at radius 2 is 1.75 bits per heavy atom. The fourth-order valence-electron chi connectivity index (χ4n) is 2.49. The summed E-state index contributed by atoms with van der Waals surface area (Å²) < 4.78 is 28.2. The van der Waals surface area contributed by atoms with Crippen LogP contribution in [0.25, 0.3) is 10.8 Å². The zero-order valence-electron chi connectivity index (χ0n) is 10.8.